The van der Waals surface area contributed by atoms with Crippen LogP contribution in [0.4, 0.5) is 0 Å². The van der Waals surface area contributed by atoms with Crippen LogP contribution in [0.15, 0.2) is 28.7 Å². The number of nitrogens with one attached hydrogen (secondary N) is 1. The van der Waals surface area contributed by atoms with Crippen LogP contribution in [0.1, 0.15) is 18.9 Å². The molecule has 2 nitrogen and oxygen atoms in total. The van der Waals surface area contributed by atoms with Gasteiger partial charge in [0.05, 0.1) is 0 Å². The average molecular weight is 283 g/mol. The molecule has 0 radical (unpaired) electrons. The van der Waals surface area contributed by atoms with E-state index in [1.807, 2.05) is 0 Å². The Balaban J connectivity index is 2.03. The number of halogens is 1. The van der Waals surface area contributed by atoms with Crippen LogP contribution < -0.4 is 5.32 Å². The summed E-state index contributed by atoms with van der Waals surface area (Å²) in [5.74, 6) is 0. The predicted octanol–water partition coefficient (Wildman–Crippen LogP) is 2.63. The highest BCUT2D eigenvalue weighted by molar-refractivity contribution is 9.10. The molecule has 1 aliphatic heterocycles. The van der Waals surface area contributed by atoms with Crippen molar-refractivity contribution in [2.75, 3.05) is 19.6 Å². The summed E-state index contributed by atoms with van der Waals surface area (Å²) in [5.41, 5.74) is 1.39. The molecule has 0 saturated carbocycles. The van der Waals surface area contributed by atoms with Gasteiger partial charge in [-0.05, 0) is 31.1 Å². The number of benzene rings is 1. The van der Waals surface area contributed by atoms with Gasteiger partial charge in [-0.25, -0.2) is 0 Å². The van der Waals surface area contributed by atoms with Crippen molar-refractivity contribution >= 4 is 15.9 Å². The zero-order chi connectivity index (χ0) is 11.4. The lowest BCUT2D eigenvalue weighted by Crippen LogP contribution is -2.36. The maximum Gasteiger partial charge on any atom is 0.0248 e. The Hall–Kier alpha value is -0.380. The van der Waals surface area contributed by atoms with Gasteiger partial charge in [0.2, 0.25) is 0 Å². The highest BCUT2D eigenvalue weighted by atomic mass is 79.9. The van der Waals surface area contributed by atoms with E-state index in [1.54, 1.807) is 0 Å². The van der Waals surface area contributed by atoms with Crippen molar-refractivity contribution in [1.29, 1.82) is 0 Å². The second-order valence-electron chi connectivity index (χ2n) is 4.30. The first-order valence-electron chi connectivity index (χ1n) is 5.99. The summed E-state index contributed by atoms with van der Waals surface area (Å²) in [7, 11) is 0. The van der Waals surface area contributed by atoms with E-state index in [-0.39, 0.29) is 0 Å². The minimum Gasteiger partial charge on any atom is -0.315 e. The quantitative estimate of drug-likeness (QED) is 0.914. The molecule has 0 amide bonds. The van der Waals surface area contributed by atoms with Crippen molar-refractivity contribution in [3.8, 4) is 0 Å². The minimum absolute atomic E-state index is 0.706. The van der Waals surface area contributed by atoms with E-state index in [1.165, 1.54) is 16.5 Å². The van der Waals surface area contributed by atoms with Crippen LogP contribution in [0, 0.1) is 0 Å². The summed E-state index contributed by atoms with van der Waals surface area (Å²) in [5, 5.41) is 3.43. The van der Waals surface area contributed by atoms with Crippen molar-refractivity contribution in [2.24, 2.45) is 0 Å². The van der Waals surface area contributed by atoms with Crippen LogP contribution in [-0.4, -0.2) is 30.6 Å². The maximum atomic E-state index is 3.62. The van der Waals surface area contributed by atoms with E-state index in [0.717, 1.165) is 26.2 Å². The standard InChI is InChI=1S/C13H19BrN2/c1-2-16(12-7-8-15-9-12)10-11-5-3-4-6-13(11)14/h3-6,12,15H,2,7-10H2,1H3. The van der Waals surface area contributed by atoms with Gasteiger partial charge >= 0.3 is 0 Å². The normalized spacial score (nSPS) is 20.6. The van der Waals surface area contributed by atoms with Crippen molar-refractivity contribution < 1.29 is 0 Å². The monoisotopic (exact) mass is 282 g/mol. The molecule has 2 rings (SSSR count). The second kappa shape index (κ2) is 5.80. The summed E-state index contributed by atoms with van der Waals surface area (Å²) >= 11 is 3.62. The van der Waals surface area contributed by atoms with Gasteiger partial charge in [0.1, 0.15) is 0 Å². The third kappa shape index (κ3) is 2.84. The van der Waals surface area contributed by atoms with E-state index in [0.29, 0.717) is 6.04 Å². The number of hydrogen-bond acceptors (Lipinski definition) is 2. The van der Waals surface area contributed by atoms with Crippen molar-refractivity contribution in [2.45, 2.75) is 25.9 Å². The first-order chi connectivity index (χ1) is 7.81. The average Bonchev–Trinajstić information content (AvgIpc) is 2.81. The molecule has 3 heteroatoms. The third-order valence-corrected chi connectivity index (χ3v) is 4.06. The fourth-order valence-corrected chi connectivity index (χ4v) is 2.71. The first kappa shape index (κ1) is 12.1. The Morgan fingerprint density at radius 2 is 2.25 bits per heavy atom. The Kier molecular flexibility index (Phi) is 4.38. The van der Waals surface area contributed by atoms with Gasteiger partial charge in [0.25, 0.3) is 0 Å². The molecule has 0 spiro atoms. The Morgan fingerprint density at radius 3 is 2.88 bits per heavy atom. The summed E-state index contributed by atoms with van der Waals surface area (Å²) in [6.07, 6.45) is 1.28. The number of nitrogens with zero attached hydrogens (tertiary/aromatic N) is 1. The molecule has 1 N–H and O–H groups in total. The largest absolute Gasteiger partial charge is 0.315 e. The number of likely N-dealkylation sites (N-methyl/N-ethyl adjacent to an activating group) is 1. The second-order valence-corrected chi connectivity index (χ2v) is 5.16. The van der Waals surface area contributed by atoms with Gasteiger partial charge in [0, 0.05) is 23.6 Å². The zero-order valence-electron chi connectivity index (χ0n) is 9.75. The zero-order valence-corrected chi connectivity index (χ0v) is 11.3. The summed E-state index contributed by atoms with van der Waals surface area (Å²) in [6, 6.07) is 9.21. The van der Waals surface area contributed by atoms with Gasteiger partial charge < -0.3 is 5.32 Å². The van der Waals surface area contributed by atoms with Crippen LogP contribution in [0.5, 0.6) is 0 Å². The molecule has 16 heavy (non-hydrogen) atoms. The highest BCUT2D eigenvalue weighted by Gasteiger charge is 2.21. The van der Waals surface area contributed by atoms with Gasteiger partial charge in [-0.1, -0.05) is 41.1 Å². The van der Waals surface area contributed by atoms with E-state index in [9.17, 15) is 0 Å². The Bertz CT molecular complexity index is 334. The summed E-state index contributed by atoms with van der Waals surface area (Å²) in [6.45, 7) is 6.71. The van der Waals surface area contributed by atoms with E-state index >= 15 is 0 Å². The van der Waals surface area contributed by atoms with E-state index < -0.39 is 0 Å². The Labute approximate surface area is 106 Å². The topological polar surface area (TPSA) is 15.3 Å². The van der Waals surface area contributed by atoms with Crippen LogP contribution in [-0.2, 0) is 6.54 Å². The minimum atomic E-state index is 0.706. The predicted molar refractivity (Wildman–Crippen MR) is 71.5 cm³/mol. The van der Waals surface area contributed by atoms with Crippen molar-refractivity contribution in [3.63, 3.8) is 0 Å². The molecule has 1 aliphatic rings. The number of rotatable bonds is 4. The molecule has 1 unspecified atom stereocenters. The lowest BCUT2D eigenvalue weighted by Gasteiger charge is -2.27. The van der Waals surface area contributed by atoms with Crippen LogP contribution in [0.2, 0.25) is 0 Å². The fourth-order valence-electron chi connectivity index (χ4n) is 2.30. The lowest BCUT2D eigenvalue weighted by molar-refractivity contribution is 0.210. The Morgan fingerprint density at radius 1 is 1.44 bits per heavy atom. The molecule has 0 bridgehead atoms. The van der Waals surface area contributed by atoms with E-state index in [2.05, 4.69) is 57.3 Å². The van der Waals surface area contributed by atoms with Crippen molar-refractivity contribution in [1.82, 2.24) is 10.2 Å². The molecule has 1 saturated heterocycles. The molecular formula is C13H19BrN2. The van der Waals surface area contributed by atoms with Gasteiger partial charge in [-0.2, -0.15) is 0 Å². The lowest BCUT2D eigenvalue weighted by atomic mass is 10.1. The van der Waals surface area contributed by atoms with E-state index in [4.69, 9.17) is 0 Å². The molecule has 1 aromatic carbocycles. The first-order valence-corrected chi connectivity index (χ1v) is 6.78. The molecule has 0 aliphatic carbocycles. The molecule has 0 aromatic heterocycles. The fraction of sp³-hybridized carbons (Fsp3) is 0.538. The van der Waals surface area contributed by atoms with Gasteiger partial charge in [-0.3, -0.25) is 4.90 Å². The molecule has 1 heterocycles. The van der Waals surface area contributed by atoms with Crippen molar-refractivity contribution in [3.05, 3.63) is 34.3 Å². The number of hydrogen-bond donors (Lipinski definition) is 1. The summed E-state index contributed by atoms with van der Waals surface area (Å²) < 4.78 is 1.22. The smallest absolute Gasteiger partial charge is 0.0248 e. The molecule has 1 fully saturated rings. The molecular weight excluding hydrogens is 264 g/mol. The molecule has 1 aromatic rings. The maximum absolute atomic E-state index is 3.62. The SMILES string of the molecule is CCN(Cc1ccccc1Br)C1CCNC1. The van der Waals surface area contributed by atoms with Crippen LogP contribution in [0.25, 0.3) is 0 Å². The third-order valence-electron chi connectivity index (χ3n) is 3.29. The van der Waals surface area contributed by atoms with Crippen LogP contribution in [0.3, 0.4) is 0 Å². The van der Waals surface area contributed by atoms with Crippen LogP contribution >= 0.6 is 15.9 Å². The molecule has 88 valence electrons. The highest BCUT2D eigenvalue weighted by Crippen LogP contribution is 2.20. The molecule has 1 atom stereocenters. The van der Waals surface area contributed by atoms with Gasteiger partial charge in [-0.15, -0.1) is 0 Å². The van der Waals surface area contributed by atoms with Gasteiger partial charge in [0.15, 0.2) is 0 Å². The summed E-state index contributed by atoms with van der Waals surface area (Å²) in [4.78, 5) is 2.56.